The fourth-order valence-corrected chi connectivity index (χ4v) is 2.98. The monoisotopic (exact) mass is 383 g/mol. The summed E-state index contributed by atoms with van der Waals surface area (Å²) in [6.45, 7) is 3.96. The van der Waals surface area contributed by atoms with Crippen LogP contribution in [0.15, 0.2) is 29.3 Å². The number of hydrogen-bond donors (Lipinski definition) is 1. The van der Waals surface area contributed by atoms with E-state index in [1.54, 1.807) is 18.2 Å². The highest BCUT2D eigenvalue weighted by atomic mass is 19.3. The number of carbonyl (C=O) groups is 1. The summed E-state index contributed by atoms with van der Waals surface area (Å²) in [5.41, 5.74) is 0.876. The highest BCUT2D eigenvalue weighted by molar-refractivity contribution is 5.80. The molecule has 1 aromatic carbocycles. The number of halogens is 2. The fraction of sp³-hybridized carbons (Fsp3) is 0.579. The van der Waals surface area contributed by atoms with Crippen molar-refractivity contribution in [2.75, 3.05) is 33.4 Å². The SMILES string of the molecule is CCNC(=NCc1cccc(OCC(F)F)c1)N1CCC(C(=O)OC)CC1. The van der Waals surface area contributed by atoms with Crippen LogP contribution in [0.1, 0.15) is 25.3 Å². The van der Waals surface area contributed by atoms with Gasteiger partial charge in [-0.25, -0.2) is 13.8 Å². The number of carbonyl (C=O) groups excluding carboxylic acids is 1. The number of benzene rings is 1. The molecule has 0 bridgehead atoms. The quantitative estimate of drug-likeness (QED) is 0.446. The van der Waals surface area contributed by atoms with Gasteiger partial charge in [-0.15, -0.1) is 0 Å². The molecule has 0 amide bonds. The maximum absolute atomic E-state index is 12.3. The Morgan fingerprint density at radius 3 is 2.74 bits per heavy atom. The van der Waals surface area contributed by atoms with Gasteiger partial charge in [0.2, 0.25) is 0 Å². The molecule has 1 heterocycles. The molecular formula is C19H27F2N3O3. The number of likely N-dealkylation sites (tertiary alicyclic amines) is 1. The van der Waals surface area contributed by atoms with E-state index in [4.69, 9.17) is 9.47 Å². The third-order valence-electron chi connectivity index (χ3n) is 4.35. The van der Waals surface area contributed by atoms with Gasteiger partial charge in [0.05, 0.1) is 19.6 Å². The number of methoxy groups -OCH3 is 1. The largest absolute Gasteiger partial charge is 0.488 e. The maximum Gasteiger partial charge on any atom is 0.308 e. The summed E-state index contributed by atoms with van der Waals surface area (Å²) in [6, 6.07) is 7.02. The van der Waals surface area contributed by atoms with Gasteiger partial charge in [-0.05, 0) is 37.5 Å². The number of piperidine rings is 1. The van der Waals surface area contributed by atoms with Crippen LogP contribution < -0.4 is 10.1 Å². The van der Waals surface area contributed by atoms with Crippen LogP contribution in [-0.4, -0.2) is 56.6 Å². The van der Waals surface area contributed by atoms with Crippen molar-refractivity contribution in [1.82, 2.24) is 10.2 Å². The van der Waals surface area contributed by atoms with Crippen molar-refractivity contribution in [1.29, 1.82) is 0 Å². The lowest BCUT2D eigenvalue weighted by molar-refractivity contribution is -0.146. The molecule has 27 heavy (non-hydrogen) atoms. The van der Waals surface area contributed by atoms with E-state index in [1.165, 1.54) is 7.11 Å². The van der Waals surface area contributed by atoms with Crippen LogP contribution in [0.4, 0.5) is 8.78 Å². The number of guanidine groups is 1. The van der Waals surface area contributed by atoms with Crippen molar-refractivity contribution in [2.45, 2.75) is 32.7 Å². The number of rotatable bonds is 7. The van der Waals surface area contributed by atoms with Crippen molar-refractivity contribution in [3.05, 3.63) is 29.8 Å². The van der Waals surface area contributed by atoms with Crippen LogP contribution in [-0.2, 0) is 16.1 Å². The second-order valence-electron chi connectivity index (χ2n) is 6.30. The van der Waals surface area contributed by atoms with Gasteiger partial charge >= 0.3 is 5.97 Å². The predicted octanol–water partition coefficient (Wildman–Crippen LogP) is 2.68. The van der Waals surface area contributed by atoms with Gasteiger partial charge in [-0.2, -0.15) is 0 Å². The van der Waals surface area contributed by atoms with Crippen LogP contribution in [0.3, 0.4) is 0 Å². The molecule has 0 spiro atoms. The first-order valence-electron chi connectivity index (χ1n) is 9.14. The summed E-state index contributed by atoms with van der Waals surface area (Å²) < 4.78 is 34.4. The van der Waals surface area contributed by atoms with E-state index in [9.17, 15) is 13.6 Å². The normalized spacial score (nSPS) is 15.7. The molecule has 1 aromatic rings. The number of esters is 1. The summed E-state index contributed by atoms with van der Waals surface area (Å²) in [7, 11) is 1.42. The molecule has 1 aliphatic heterocycles. The van der Waals surface area contributed by atoms with E-state index in [1.807, 2.05) is 13.0 Å². The number of hydrogen-bond acceptors (Lipinski definition) is 4. The zero-order valence-electron chi connectivity index (χ0n) is 15.8. The standard InChI is InChI=1S/C19H27F2N3O3/c1-3-22-19(24-9-7-15(8-10-24)18(25)26-2)23-12-14-5-4-6-16(11-14)27-13-17(20)21/h4-6,11,15,17H,3,7-10,12-13H2,1-2H3,(H,22,23). The molecule has 1 aliphatic rings. The Kier molecular flexibility index (Phi) is 8.29. The Balaban J connectivity index is 1.97. The van der Waals surface area contributed by atoms with Crippen molar-refractivity contribution >= 4 is 11.9 Å². The molecule has 0 aliphatic carbocycles. The Morgan fingerprint density at radius 1 is 1.37 bits per heavy atom. The topological polar surface area (TPSA) is 63.2 Å². The minimum atomic E-state index is -2.50. The van der Waals surface area contributed by atoms with Gasteiger partial charge in [0.15, 0.2) is 5.96 Å². The molecule has 2 rings (SSSR count). The molecular weight excluding hydrogens is 356 g/mol. The zero-order valence-corrected chi connectivity index (χ0v) is 15.8. The highest BCUT2D eigenvalue weighted by Gasteiger charge is 2.26. The number of aliphatic imine (C=N–C) groups is 1. The lowest BCUT2D eigenvalue weighted by Crippen LogP contribution is -2.46. The summed E-state index contributed by atoms with van der Waals surface area (Å²) in [6.07, 6.45) is -1.04. The van der Waals surface area contributed by atoms with Crippen LogP contribution in [0.25, 0.3) is 0 Å². The number of ether oxygens (including phenoxy) is 2. The minimum Gasteiger partial charge on any atom is -0.488 e. The molecule has 8 heteroatoms. The van der Waals surface area contributed by atoms with Gasteiger partial charge in [0.25, 0.3) is 6.43 Å². The molecule has 1 fully saturated rings. The molecule has 0 radical (unpaired) electrons. The van der Waals surface area contributed by atoms with Crippen molar-refractivity contribution in [2.24, 2.45) is 10.9 Å². The van der Waals surface area contributed by atoms with Gasteiger partial charge in [0, 0.05) is 19.6 Å². The Morgan fingerprint density at radius 2 is 2.11 bits per heavy atom. The second-order valence-corrected chi connectivity index (χ2v) is 6.30. The molecule has 0 saturated carbocycles. The van der Waals surface area contributed by atoms with E-state index < -0.39 is 13.0 Å². The van der Waals surface area contributed by atoms with E-state index >= 15 is 0 Å². The third kappa shape index (κ3) is 6.69. The first-order chi connectivity index (χ1) is 13.0. The number of alkyl halides is 2. The van der Waals surface area contributed by atoms with Gasteiger partial charge in [-0.3, -0.25) is 4.79 Å². The molecule has 0 aromatic heterocycles. The van der Waals surface area contributed by atoms with Crippen LogP contribution in [0, 0.1) is 5.92 Å². The average Bonchev–Trinajstić information content (AvgIpc) is 2.69. The third-order valence-corrected chi connectivity index (χ3v) is 4.35. The summed E-state index contributed by atoms with van der Waals surface area (Å²) in [4.78, 5) is 18.4. The first-order valence-corrected chi connectivity index (χ1v) is 9.14. The van der Waals surface area contributed by atoms with E-state index in [2.05, 4.69) is 15.2 Å². The van der Waals surface area contributed by atoms with E-state index in [-0.39, 0.29) is 11.9 Å². The first kappa shape index (κ1) is 20.9. The molecule has 1 saturated heterocycles. The summed E-state index contributed by atoms with van der Waals surface area (Å²) >= 11 is 0. The van der Waals surface area contributed by atoms with Crippen LogP contribution >= 0.6 is 0 Å². The molecule has 0 unspecified atom stereocenters. The smallest absolute Gasteiger partial charge is 0.308 e. The van der Waals surface area contributed by atoms with Crippen LogP contribution in [0.2, 0.25) is 0 Å². The zero-order chi connectivity index (χ0) is 19.6. The van der Waals surface area contributed by atoms with Crippen molar-refractivity contribution in [3.8, 4) is 5.75 Å². The minimum absolute atomic E-state index is 0.0576. The Labute approximate surface area is 158 Å². The molecule has 150 valence electrons. The second kappa shape index (κ2) is 10.7. The van der Waals surface area contributed by atoms with Crippen LogP contribution in [0.5, 0.6) is 5.75 Å². The van der Waals surface area contributed by atoms with Gasteiger partial charge in [-0.1, -0.05) is 12.1 Å². The molecule has 6 nitrogen and oxygen atoms in total. The predicted molar refractivity (Wildman–Crippen MR) is 99.1 cm³/mol. The Hall–Kier alpha value is -2.38. The summed E-state index contributed by atoms with van der Waals surface area (Å²) in [5, 5.41) is 3.26. The van der Waals surface area contributed by atoms with E-state index in [0.717, 1.165) is 44.0 Å². The molecule has 0 atom stereocenters. The Bertz CT molecular complexity index is 632. The number of nitrogens with zero attached hydrogens (tertiary/aromatic N) is 2. The number of nitrogens with one attached hydrogen (secondary N) is 1. The van der Waals surface area contributed by atoms with Crippen molar-refractivity contribution in [3.63, 3.8) is 0 Å². The fourth-order valence-electron chi connectivity index (χ4n) is 2.98. The van der Waals surface area contributed by atoms with Gasteiger partial charge < -0.3 is 19.7 Å². The lowest BCUT2D eigenvalue weighted by atomic mass is 9.97. The lowest BCUT2D eigenvalue weighted by Gasteiger charge is -2.33. The average molecular weight is 383 g/mol. The molecule has 1 N–H and O–H groups in total. The highest BCUT2D eigenvalue weighted by Crippen LogP contribution is 2.19. The van der Waals surface area contributed by atoms with Gasteiger partial charge in [0.1, 0.15) is 12.4 Å². The summed E-state index contributed by atoms with van der Waals surface area (Å²) in [5.74, 6) is 0.974. The van der Waals surface area contributed by atoms with E-state index in [0.29, 0.717) is 12.3 Å². The van der Waals surface area contributed by atoms with Crippen molar-refractivity contribution < 1.29 is 23.0 Å². The maximum atomic E-state index is 12.3.